The molecule has 3 aromatic rings. The van der Waals surface area contributed by atoms with Crippen molar-refractivity contribution in [2.75, 3.05) is 0 Å². The predicted octanol–water partition coefficient (Wildman–Crippen LogP) is 2.75. The molecule has 0 saturated heterocycles. The molecule has 1 heterocycles. The van der Waals surface area contributed by atoms with E-state index >= 15 is 0 Å². The highest BCUT2D eigenvalue weighted by molar-refractivity contribution is 6.32. The van der Waals surface area contributed by atoms with E-state index in [1.54, 1.807) is 0 Å². The maximum Gasteiger partial charge on any atom is 0.278 e. The number of benzene rings is 2. The minimum atomic E-state index is -1.29. The van der Waals surface area contributed by atoms with E-state index in [1.807, 2.05) is 0 Å². The molecule has 1 aromatic heterocycles. The average molecular weight is 327 g/mol. The van der Waals surface area contributed by atoms with Crippen LogP contribution in [0.15, 0.2) is 39.9 Å². The summed E-state index contributed by atoms with van der Waals surface area (Å²) in [6.45, 7) is 0. The topological polar surface area (TPSA) is 54.9 Å². The van der Waals surface area contributed by atoms with Crippen molar-refractivity contribution in [2.24, 2.45) is 0 Å². The minimum absolute atomic E-state index is 0.125. The number of para-hydroxylation sites is 1. The van der Waals surface area contributed by atoms with E-state index in [0.29, 0.717) is 16.8 Å². The van der Waals surface area contributed by atoms with Gasteiger partial charge >= 0.3 is 0 Å². The van der Waals surface area contributed by atoms with Crippen molar-refractivity contribution in [3.8, 4) is 5.69 Å². The summed E-state index contributed by atoms with van der Waals surface area (Å²) in [7, 11) is 0. The molecular formula is C14H6ClF3N2O2. The molecule has 0 aliphatic heterocycles. The van der Waals surface area contributed by atoms with Crippen LogP contribution in [0.1, 0.15) is 0 Å². The Morgan fingerprint density at radius 3 is 2.23 bits per heavy atom. The highest BCUT2D eigenvalue weighted by Gasteiger charge is 2.16. The molecule has 0 fully saturated rings. The van der Waals surface area contributed by atoms with Gasteiger partial charge < -0.3 is 0 Å². The lowest BCUT2D eigenvalue weighted by atomic mass is 10.2. The third kappa shape index (κ3) is 2.10. The third-order valence-corrected chi connectivity index (χ3v) is 3.42. The molecule has 0 radical (unpaired) electrons. The van der Waals surface area contributed by atoms with Crippen molar-refractivity contribution in [3.63, 3.8) is 0 Å². The summed E-state index contributed by atoms with van der Waals surface area (Å²) in [6.07, 6.45) is 0. The first-order valence-corrected chi connectivity index (χ1v) is 6.36. The highest BCUT2D eigenvalue weighted by Crippen LogP contribution is 2.21. The van der Waals surface area contributed by atoms with Crippen molar-refractivity contribution in [2.45, 2.75) is 0 Å². The fourth-order valence-corrected chi connectivity index (χ4v) is 2.35. The Labute approximate surface area is 125 Å². The van der Waals surface area contributed by atoms with Gasteiger partial charge in [0.2, 0.25) is 0 Å². The molecule has 0 amide bonds. The standard InChI is InChI=1S/C14H6ClF3N2O2/c15-8-2-1-3-9(16)12(8)20-14(22)7-5-11(18)10(17)4-6(7)13(21)19-20/h1-5H,(H,19,21). The lowest BCUT2D eigenvalue weighted by molar-refractivity contribution is 0.510. The molecule has 112 valence electrons. The van der Waals surface area contributed by atoms with Gasteiger partial charge in [0.1, 0.15) is 11.5 Å². The van der Waals surface area contributed by atoms with E-state index in [2.05, 4.69) is 5.10 Å². The molecule has 4 nitrogen and oxygen atoms in total. The largest absolute Gasteiger partial charge is 0.278 e. The van der Waals surface area contributed by atoms with Crippen molar-refractivity contribution >= 4 is 22.4 Å². The molecule has 0 spiro atoms. The summed E-state index contributed by atoms with van der Waals surface area (Å²) in [6, 6.07) is 4.88. The smallest absolute Gasteiger partial charge is 0.267 e. The molecule has 0 aliphatic carbocycles. The van der Waals surface area contributed by atoms with Crippen LogP contribution in [-0.2, 0) is 0 Å². The van der Waals surface area contributed by atoms with Crippen LogP contribution in [0.2, 0.25) is 5.02 Å². The van der Waals surface area contributed by atoms with E-state index < -0.39 is 28.6 Å². The van der Waals surface area contributed by atoms with Crippen LogP contribution in [0.25, 0.3) is 16.5 Å². The maximum atomic E-state index is 13.9. The van der Waals surface area contributed by atoms with Gasteiger partial charge in [-0.25, -0.2) is 17.9 Å². The van der Waals surface area contributed by atoms with Crippen LogP contribution in [0, 0.1) is 17.5 Å². The zero-order valence-electron chi connectivity index (χ0n) is 10.7. The number of nitrogens with one attached hydrogen (secondary N) is 1. The van der Waals surface area contributed by atoms with E-state index in [4.69, 9.17) is 11.6 Å². The maximum absolute atomic E-state index is 13.9. The number of nitrogens with zero attached hydrogens (tertiary/aromatic N) is 1. The monoisotopic (exact) mass is 326 g/mol. The summed E-state index contributed by atoms with van der Waals surface area (Å²) in [5.74, 6) is -3.41. The van der Waals surface area contributed by atoms with Crippen LogP contribution in [0.3, 0.4) is 0 Å². The Hall–Kier alpha value is -2.54. The van der Waals surface area contributed by atoms with Gasteiger partial charge in [-0.05, 0) is 24.3 Å². The quantitative estimate of drug-likeness (QED) is 0.747. The number of hydrogen-bond donors (Lipinski definition) is 1. The zero-order valence-corrected chi connectivity index (χ0v) is 11.4. The van der Waals surface area contributed by atoms with Crippen molar-refractivity contribution in [1.29, 1.82) is 0 Å². The van der Waals surface area contributed by atoms with E-state index in [-0.39, 0.29) is 21.5 Å². The first-order valence-electron chi connectivity index (χ1n) is 5.98. The first kappa shape index (κ1) is 14.4. The predicted molar refractivity (Wildman–Crippen MR) is 75.0 cm³/mol. The van der Waals surface area contributed by atoms with Gasteiger partial charge in [0.05, 0.1) is 15.8 Å². The lowest BCUT2D eigenvalue weighted by Crippen LogP contribution is -2.29. The molecule has 3 rings (SSSR count). The SMILES string of the molecule is O=c1[nH]n(-c2c(F)cccc2Cl)c(=O)c2cc(F)c(F)cc12. The molecular weight excluding hydrogens is 321 g/mol. The van der Waals surface area contributed by atoms with Crippen LogP contribution in [0.4, 0.5) is 13.2 Å². The summed E-state index contributed by atoms with van der Waals surface area (Å²) in [4.78, 5) is 24.3. The third-order valence-electron chi connectivity index (χ3n) is 3.11. The minimum Gasteiger partial charge on any atom is -0.267 e. The van der Waals surface area contributed by atoms with Gasteiger partial charge in [0.15, 0.2) is 11.6 Å². The molecule has 0 bridgehead atoms. The summed E-state index contributed by atoms with van der Waals surface area (Å²) in [5, 5.41) is 1.25. The van der Waals surface area contributed by atoms with Gasteiger partial charge in [-0.15, -0.1) is 0 Å². The van der Waals surface area contributed by atoms with Gasteiger partial charge in [-0.3, -0.25) is 14.7 Å². The number of halogens is 4. The van der Waals surface area contributed by atoms with Gasteiger partial charge in [-0.2, -0.15) is 0 Å². The average Bonchev–Trinajstić information content (AvgIpc) is 2.46. The van der Waals surface area contributed by atoms with Gasteiger partial charge in [0, 0.05) is 0 Å². The van der Waals surface area contributed by atoms with Crippen LogP contribution in [-0.4, -0.2) is 9.78 Å². The second-order valence-electron chi connectivity index (χ2n) is 4.46. The molecule has 1 N–H and O–H groups in total. The Bertz CT molecular complexity index is 1010. The van der Waals surface area contributed by atoms with E-state index in [1.165, 1.54) is 12.1 Å². The molecule has 0 saturated carbocycles. The Morgan fingerprint density at radius 2 is 1.59 bits per heavy atom. The number of aromatic amines is 1. The van der Waals surface area contributed by atoms with E-state index in [0.717, 1.165) is 6.07 Å². The second-order valence-corrected chi connectivity index (χ2v) is 4.87. The van der Waals surface area contributed by atoms with Crippen molar-refractivity contribution in [1.82, 2.24) is 9.78 Å². The second kappa shape index (κ2) is 5.03. The summed E-state index contributed by atoms with van der Waals surface area (Å²) in [5.41, 5.74) is -2.19. The molecule has 0 unspecified atom stereocenters. The number of aromatic nitrogens is 2. The Morgan fingerprint density at radius 1 is 0.955 bits per heavy atom. The number of rotatable bonds is 1. The molecule has 0 aliphatic rings. The Balaban J connectivity index is 2.48. The van der Waals surface area contributed by atoms with Crippen LogP contribution >= 0.6 is 11.6 Å². The first-order chi connectivity index (χ1) is 10.4. The number of hydrogen-bond acceptors (Lipinski definition) is 2. The lowest BCUT2D eigenvalue weighted by Gasteiger charge is -2.10. The van der Waals surface area contributed by atoms with Crippen molar-refractivity contribution < 1.29 is 13.2 Å². The molecule has 2 aromatic carbocycles. The molecule has 22 heavy (non-hydrogen) atoms. The Kier molecular flexibility index (Phi) is 3.29. The molecule has 0 atom stereocenters. The molecule has 8 heteroatoms. The van der Waals surface area contributed by atoms with Crippen LogP contribution < -0.4 is 11.1 Å². The number of fused-ring (bicyclic) bond motifs is 1. The summed E-state index contributed by atoms with van der Waals surface area (Å²) < 4.78 is 41.0. The van der Waals surface area contributed by atoms with E-state index in [9.17, 15) is 22.8 Å². The van der Waals surface area contributed by atoms with Crippen molar-refractivity contribution in [3.05, 3.63) is 73.5 Å². The summed E-state index contributed by atoms with van der Waals surface area (Å²) >= 11 is 5.84. The fraction of sp³-hybridized carbons (Fsp3) is 0. The number of H-pyrrole nitrogens is 1. The zero-order chi connectivity index (χ0) is 16.0. The van der Waals surface area contributed by atoms with Crippen LogP contribution in [0.5, 0.6) is 0 Å². The fourth-order valence-electron chi connectivity index (χ4n) is 2.10. The highest BCUT2D eigenvalue weighted by atomic mass is 35.5. The normalized spacial score (nSPS) is 11.1. The van der Waals surface area contributed by atoms with Gasteiger partial charge in [0.25, 0.3) is 11.1 Å². The van der Waals surface area contributed by atoms with Gasteiger partial charge in [-0.1, -0.05) is 17.7 Å².